The SMILES string of the molecule is O=C1N2Cc3ncccc3C(C2)N1OS(=O)(=O)O. The van der Waals surface area contributed by atoms with E-state index in [1.165, 1.54) is 4.90 Å². The van der Waals surface area contributed by atoms with E-state index < -0.39 is 22.5 Å². The number of fused-ring (bicyclic) bond motifs is 4. The molecule has 3 rings (SSSR count). The van der Waals surface area contributed by atoms with Crippen LogP contribution >= 0.6 is 0 Å². The summed E-state index contributed by atoms with van der Waals surface area (Å²) in [7, 11) is -4.72. The van der Waals surface area contributed by atoms with E-state index in [-0.39, 0.29) is 0 Å². The molecule has 3 heterocycles. The number of rotatable bonds is 2. The Hall–Kier alpha value is -1.71. The Morgan fingerprint density at radius 1 is 1.50 bits per heavy atom. The van der Waals surface area contributed by atoms with Crippen LogP contribution in [0.4, 0.5) is 4.79 Å². The summed E-state index contributed by atoms with van der Waals surface area (Å²) < 4.78 is 34.5. The molecule has 2 amide bonds. The van der Waals surface area contributed by atoms with Crippen LogP contribution in [0.25, 0.3) is 0 Å². The topological polar surface area (TPSA) is 100 Å². The molecule has 96 valence electrons. The number of urea groups is 1. The predicted octanol–water partition coefficient (Wildman–Crippen LogP) is 0.108. The average molecular weight is 271 g/mol. The van der Waals surface area contributed by atoms with Gasteiger partial charge in [0.2, 0.25) is 0 Å². The fourth-order valence-electron chi connectivity index (χ4n) is 2.24. The molecule has 1 aromatic heterocycles. The van der Waals surface area contributed by atoms with Gasteiger partial charge in [0.15, 0.2) is 0 Å². The maximum atomic E-state index is 11.9. The minimum absolute atomic E-state index is 0.302. The Labute approximate surface area is 103 Å². The van der Waals surface area contributed by atoms with Gasteiger partial charge in [0, 0.05) is 11.8 Å². The number of nitrogens with zero attached hydrogens (tertiary/aromatic N) is 3. The maximum Gasteiger partial charge on any atom is 0.418 e. The summed E-state index contributed by atoms with van der Waals surface area (Å²) in [5, 5.41) is 0.669. The highest BCUT2D eigenvalue weighted by molar-refractivity contribution is 7.80. The second kappa shape index (κ2) is 3.64. The molecule has 1 saturated heterocycles. The largest absolute Gasteiger partial charge is 0.418 e. The molecule has 0 radical (unpaired) electrons. The molecule has 0 saturated carbocycles. The molecule has 0 aromatic carbocycles. The highest BCUT2D eigenvalue weighted by atomic mass is 32.3. The molecule has 1 unspecified atom stereocenters. The van der Waals surface area contributed by atoms with Crippen LogP contribution in [0.2, 0.25) is 0 Å². The zero-order valence-corrected chi connectivity index (χ0v) is 9.87. The van der Waals surface area contributed by atoms with Gasteiger partial charge in [0.05, 0.1) is 18.8 Å². The van der Waals surface area contributed by atoms with E-state index in [4.69, 9.17) is 4.55 Å². The van der Waals surface area contributed by atoms with Crippen LogP contribution in [0, 0.1) is 0 Å². The van der Waals surface area contributed by atoms with E-state index in [1.54, 1.807) is 18.3 Å². The van der Waals surface area contributed by atoms with Crippen molar-refractivity contribution in [2.75, 3.05) is 6.54 Å². The van der Waals surface area contributed by atoms with Gasteiger partial charge in [-0.25, -0.2) is 4.79 Å². The van der Waals surface area contributed by atoms with E-state index in [1.807, 2.05) is 0 Å². The van der Waals surface area contributed by atoms with Gasteiger partial charge in [-0.15, -0.1) is 4.28 Å². The van der Waals surface area contributed by atoms with Gasteiger partial charge in [-0.1, -0.05) is 6.07 Å². The molecule has 8 nitrogen and oxygen atoms in total. The van der Waals surface area contributed by atoms with E-state index in [9.17, 15) is 13.2 Å². The van der Waals surface area contributed by atoms with Crippen LogP contribution in [-0.4, -0.2) is 40.5 Å². The first-order valence-electron chi connectivity index (χ1n) is 5.14. The van der Waals surface area contributed by atoms with Crippen molar-refractivity contribution >= 4 is 16.4 Å². The Morgan fingerprint density at radius 3 is 3.00 bits per heavy atom. The molecule has 2 bridgehead atoms. The van der Waals surface area contributed by atoms with Crippen molar-refractivity contribution in [1.29, 1.82) is 0 Å². The van der Waals surface area contributed by atoms with Gasteiger partial charge < -0.3 is 4.90 Å². The number of amides is 2. The molecule has 9 heteroatoms. The van der Waals surface area contributed by atoms with Gasteiger partial charge in [0.1, 0.15) is 6.04 Å². The Morgan fingerprint density at radius 2 is 2.28 bits per heavy atom. The third-order valence-electron chi connectivity index (χ3n) is 2.94. The van der Waals surface area contributed by atoms with E-state index in [0.717, 1.165) is 5.56 Å². The molecule has 1 fully saturated rings. The molecule has 1 atom stereocenters. The van der Waals surface area contributed by atoms with Crippen molar-refractivity contribution in [3.63, 3.8) is 0 Å². The molecule has 2 aliphatic rings. The second-order valence-electron chi connectivity index (χ2n) is 4.05. The average Bonchev–Trinajstić information content (AvgIpc) is 2.54. The number of pyridine rings is 1. The summed E-state index contributed by atoms with van der Waals surface area (Å²) in [5.74, 6) is 0. The number of hydroxylamine groups is 2. The lowest BCUT2D eigenvalue weighted by Gasteiger charge is -2.23. The van der Waals surface area contributed by atoms with Gasteiger partial charge in [-0.05, 0) is 6.07 Å². The smallest absolute Gasteiger partial charge is 0.314 e. The molecular formula is C9H9N3O5S. The van der Waals surface area contributed by atoms with Gasteiger partial charge >= 0.3 is 16.4 Å². The standard InChI is InChI=1S/C9H9N3O5S/c13-9-11-4-7-6(2-1-3-10-7)8(5-11)12(9)17-18(14,15)16/h1-3,8H,4-5H2,(H,14,15,16). The molecule has 0 aliphatic carbocycles. The second-order valence-corrected chi connectivity index (χ2v) is 5.05. The first-order chi connectivity index (χ1) is 8.46. The number of carbonyl (C=O) groups excluding carboxylic acids is 1. The van der Waals surface area contributed by atoms with Crippen molar-refractivity contribution in [3.8, 4) is 0 Å². The van der Waals surface area contributed by atoms with Crippen LogP contribution in [0.15, 0.2) is 18.3 Å². The Kier molecular flexibility index (Phi) is 2.30. The van der Waals surface area contributed by atoms with Crippen molar-refractivity contribution in [1.82, 2.24) is 14.9 Å². The van der Waals surface area contributed by atoms with E-state index in [2.05, 4.69) is 9.27 Å². The zero-order valence-electron chi connectivity index (χ0n) is 9.05. The zero-order chi connectivity index (χ0) is 12.9. The third kappa shape index (κ3) is 1.72. The van der Waals surface area contributed by atoms with Crippen molar-refractivity contribution in [2.45, 2.75) is 12.6 Å². The molecule has 1 N–H and O–H groups in total. The molecule has 1 aromatic rings. The van der Waals surface area contributed by atoms with Crippen LogP contribution in [0.3, 0.4) is 0 Å². The lowest BCUT2D eigenvalue weighted by molar-refractivity contribution is -0.0317. The quantitative estimate of drug-likeness (QED) is 0.766. The summed E-state index contributed by atoms with van der Waals surface area (Å²) in [4.78, 5) is 17.4. The summed E-state index contributed by atoms with van der Waals surface area (Å²) in [6.45, 7) is 0.615. The van der Waals surface area contributed by atoms with Crippen molar-refractivity contribution in [2.24, 2.45) is 0 Å². The number of hydrogen-bond acceptors (Lipinski definition) is 5. The van der Waals surface area contributed by atoms with Gasteiger partial charge in [-0.2, -0.15) is 13.5 Å². The van der Waals surface area contributed by atoms with Gasteiger partial charge in [-0.3, -0.25) is 9.54 Å². The lowest BCUT2D eigenvalue weighted by atomic mass is 10.0. The fourth-order valence-corrected chi connectivity index (χ4v) is 2.61. The van der Waals surface area contributed by atoms with E-state index in [0.29, 0.717) is 23.8 Å². The Bertz CT molecular complexity index is 616. The minimum atomic E-state index is -4.72. The Balaban J connectivity index is 2.02. The monoisotopic (exact) mass is 271 g/mol. The van der Waals surface area contributed by atoms with Crippen LogP contribution in [-0.2, 0) is 21.2 Å². The van der Waals surface area contributed by atoms with Crippen LogP contribution in [0.5, 0.6) is 0 Å². The summed E-state index contributed by atoms with van der Waals surface area (Å²) in [5.41, 5.74) is 1.42. The summed E-state index contributed by atoms with van der Waals surface area (Å²) in [6.07, 6.45) is 1.60. The van der Waals surface area contributed by atoms with Crippen molar-refractivity contribution < 1.29 is 22.0 Å². The van der Waals surface area contributed by atoms with E-state index >= 15 is 0 Å². The maximum absolute atomic E-state index is 11.9. The molecule has 18 heavy (non-hydrogen) atoms. The predicted molar refractivity (Wildman–Crippen MR) is 57.3 cm³/mol. The normalized spacial score (nSPS) is 22.3. The first-order valence-corrected chi connectivity index (χ1v) is 6.51. The summed E-state index contributed by atoms with van der Waals surface area (Å²) >= 11 is 0. The first kappa shape index (κ1) is 11.4. The number of hydrogen-bond donors (Lipinski definition) is 1. The molecule has 2 aliphatic heterocycles. The minimum Gasteiger partial charge on any atom is -0.314 e. The molecular weight excluding hydrogens is 262 g/mol. The fraction of sp³-hybridized carbons (Fsp3) is 0.333. The summed E-state index contributed by atoms with van der Waals surface area (Å²) in [6, 6.07) is 2.28. The van der Waals surface area contributed by atoms with Gasteiger partial charge in [0.25, 0.3) is 0 Å². The molecule has 0 spiro atoms. The third-order valence-corrected chi connectivity index (χ3v) is 3.28. The number of aromatic nitrogens is 1. The number of carbonyl (C=O) groups is 1. The highest BCUT2D eigenvalue weighted by Crippen LogP contribution is 2.37. The van der Waals surface area contributed by atoms with Crippen LogP contribution < -0.4 is 0 Å². The lowest BCUT2D eigenvalue weighted by Crippen LogP contribution is -2.32. The van der Waals surface area contributed by atoms with Crippen molar-refractivity contribution in [3.05, 3.63) is 29.6 Å². The van der Waals surface area contributed by atoms with Crippen LogP contribution in [0.1, 0.15) is 17.3 Å². The highest BCUT2D eigenvalue weighted by Gasteiger charge is 2.46.